The van der Waals surface area contributed by atoms with Gasteiger partial charge in [0, 0.05) is 44.4 Å². The summed E-state index contributed by atoms with van der Waals surface area (Å²) in [6, 6.07) is 14.0. The lowest BCUT2D eigenvalue weighted by atomic mass is 10.2. The van der Waals surface area contributed by atoms with Crippen molar-refractivity contribution in [3.05, 3.63) is 60.0 Å². The minimum Gasteiger partial charge on any atom is -0.357 e. The molecule has 0 aliphatic carbocycles. The van der Waals surface area contributed by atoms with Crippen LogP contribution in [0.15, 0.2) is 53.7 Å². The monoisotopic (exact) mass is 419 g/mol. The molecule has 3 heterocycles. The van der Waals surface area contributed by atoms with Gasteiger partial charge in [0.15, 0.2) is 11.6 Å². The zero-order chi connectivity index (χ0) is 21.5. The van der Waals surface area contributed by atoms with E-state index in [0.29, 0.717) is 13.0 Å². The number of carbonyl (C=O) groups is 1. The number of pyridine rings is 1. The van der Waals surface area contributed by atoms with Gasteiger partial charge in [-0.2, -0.15) is 0 Å². The molecule has 2 N–H and O–H groups in total. The second-order valence-corrected chi connectivity index (χ2v) is 7.59. The highest BCUT2D eigenvalue weighted by atomic mass is 16.2. The molecule has 1 aliphatic heterocycles. The molecule has 4 rings (SSSR count). The summed E-state index contributed by atoms with van der Waals surface area (Å²) < 4.78 is 2.03. The Morgan fingerprint density at radius 3 is 2.77 bits per heavy atom. The number of aliphatic imine (C=N–C) groups is 1. The van der Waals surface area contributed by atoms with Crippen LogP contribution in [0.3, 0.4) is 0 Å². The van der Waals surface area contributed by atoms with Crippen LogP contribution in [0.25, 0.3) is 5.65 Å². The van der Waals surface area contributed by atoms with Gasteiger partial charge >= 0.3 is 0 Å². The van der Waals surface area contributed by atoms with Crippen molar-refractivity contribution in [2.24, 2.45) is 4.99 Å². The van der Waals surface area contributed by atoms with Crippen molar-refractivity contribution in [3.63, 3.8) is 0 Å². The molecular formula is C23H29N7O. The lowest BCUT2D eigenvalue weighted by Gasteiger charge is -2.16. The highest BCUT2D eigenvalue weighted by Crippen LogP contribution is 2.21. The zero-order valence-corrected chi connectivity index (χ0v) is 17.9. The number of amides is 1. The van der Waals surface area contributed by atoms with Gasteiger partial charge in [-0.25, -0.2) is 4.99 Å². The van der Waals surface area contributed by atoms with Gasteiger partial charge < -0.3 is 15.5 Å². The van der Waals surface area contributed by atoms with Crippen molar-refractivity contribution < 1.29 is 4.79 Å². The Balaban J connectivity index is 1.28. The number of benzene rings is 1. The van der Waals surface area contributed by atoms with Crippen LogP contribution in [0.5, 0.6) is 0 Å². The van der Waals surface area contributed by atoms with Crippen molar-refractivity contribution in [1.82, 2.24) is 25.2 Å². The molecule has 1 aliphatic rings. The number of aryl methyl sites for hydroxylation is 1. The second kappa shape index (κ2) is 10.1. The van der Waals surface area contributed by atoms with Crippen LogP contribution in [-0.4, -0.2) is 46.1 Å². The number of hydrogen-bond acceptors (Lipinski definition) is 4. The van der Waals surface area contributed by atoms with Gasteiger partial charge in [0.05, 0.1) is 6.54 Å². The summed E-state index contributed by atoms with van der Waals surface area (Å²) in [5, 5.41) is 15.2. The Morgan fingerprint density at radius 1 is 1.13 bits per heavy atom. The first kappa shape index (κ1) is 20.8. The van der Waals surface area contributed by atoms with Crippen LogP contribution in [0.2, 0.25) is 0 Å². The molecule has 1 saturated heterocycles. The van der Waals surface area contributed by atoms with Crippen LogP contribution in [0.4, 0.5) is 5.69 Å². The number of anilines is 1. The fraction of sp³-hybridized carbons (Fsp3) is 0.391. The third-order valence-corrected chi connectivity index (χ3v) is 5.34. The van der Waals surface area contributed by atoms with E-state index in [9.17, 15) is 4.79 Å². The molecule has 162 valence electrons. The zero-order valence-electron chi connectivity index (χ0n) is 17.9. The first-order valence-electron chi connectivity index (χ1n) is 10.9. The lowest BCUT2D eigenvalue weighted by Crippen LogP contribution is -2.37. The third kappa shape index (κ3) is 5.20. The fourth-order valence-corrected chi connectivity index (χ4v) is 3.73. The van der Waals surface area contributed by atoms with Gasteiger partial charge in [0.2, 0.25) is 5.91 Å². The summed E-state index contributed by atoms with van der Waals surface area (Å²) in [7, 11) is 0. The second-order valence-electron chi connectivity index (χ2n) is 7.59. The van der Waals surface area contributed by atoms with E-state index >= 15 is 0 Å². The minimum atomic E-state index is 0.212. The average Bonchev–Trinajstić information content (AvgIpc) is 3.41. The van der Waals surface area contributed by atoms with Crippen LogP contribution in [0, 0.1) is 0 Å². The summed E-state index contributed by atoms with van der Waals surface area (Å²) >= 11 is 0. The van der Waals surface area contributed by atoms with E-state index in [-0.39, 0.29) is 5.91 Å². The van der Waals surface area contributed by atoms with Crippen LogP contribution in [-0.2, 0) is 17.8 Å². The minimum absolute atomic E-state index is 0.212. The van der Waals surface area contributed by atoms with Crippen molar-refractivity contribution in [3.8, 4) is 0 Å². The Morgan fingerprint density at radius 2 is 2.00 bits per heavy atom. The molecule has 8 heteroatoms. The normalized spacial score (nSPS) is 14.4. The molecular weight excluding hydrogens is 390 g/mol. The van der Waals surface area contributed by atoms with Gasteiger partial charge in [-0.15, -0.1) is 10.2 Å². The molecule has 0 saturated carbocycles. The van der Waals surface area contributed by atoms with E-state index in [0.717, 1.165) is 67.6 Å². The van der Waals surface area contributed by atoms with Crippen molar-refractivity contribution in [2.45, 2.75) is 39.2 Å². The number of aromatic nitrogens is 3. The molecule has 0 bridgehead atoms. The van der Waals surface area contributed by atoms with Crippen LogP contribution < -0.4 is 15.5 Å². The maximum atomic E-state index is 11.9. The molecule has 0 atom stereocenters. The quantitative estimate of drug-likeness (QED) is 0.333. The Kier molecular flexibility index (Phi) is 6.76. The number of rotatable bonds is 8. The van der Waals surface area contributed by atoms with E-state index < -0.39 is 0 Å². The maximum absolute atomic E-state index is 11.9. The van der Waals surface area contributed by atoms with E-state index in [1.807, 2.05) is 58.0 Å². The highest BCUT2D eigenvalue weighted by molar-refractivity contribution is 5.95. The smallest absolute Gasteiger partial charge is 0.227 e. The highest BCUT2D eigenvalue weighted by Gasteiger charge is 2.21. The average molecular weight is 420 g/mol. The SMILES string of the molecule is CCNC(=NCc1ccc(N2CCCC2=O)cc1)NCCCc1nnc2ccccn12. The lowest BCUT2D eigenvalue weighted by molar-refractivity contribution is -0.117. The Labute approximate surface area is 182 Å². The maximum Gasteiger partial charge on any atom is 0.227 e. The van der Waals surface area contributed by atoms with Crippen LogP contribution >= 0.6 is 0 Å². The van der Waals surface area contributed by atoms with Gasteiger partial charge in [0.1, 0.15) is 5.82 Å². The number of carbonyl (C=O) groups excluding carboxylic acids is 1. The van der Waals surface area contributed by atoms with E-state index in [4.69, 9.17) is 4.99 Å². The topological polar surface area (TPSA) is 86.9 Å². The van der Waals surface area contributed by atoms with Gasteiger partial charge in [0.25, 0.3) is 0 Å². The van der Waals surface area contributed by atoms with E-state index in [1.54, 1.807) is 0 Å². The molecule has 8 nitrogen and oxygen atoms in total. The van der Waals surface area contributed by atoms with E-state index in [1.165, 1.54) is 0 Å². The number of nitrogens with zero attached hydrogens (tertiary/aromatic N) is 5. The van der Waals surface area contributed by atoms with E-state index in [2.05, 4.69) is 27.8 Å². The molecule has 1 aromatic carbocycles. The molecule has 3 aromatic rings. The molecule has 0 radical (unpaired) electrons. The summed E-state index contributed by atoms with van der Waals surface area (Å²) in [5.41, 5.74) is 2.96. The predicted octanol–water partition coefficient (Wildman–Crippen LogP) is 2.54. The first-order valence-corrected chi connectivity index (χ1v) is 10.9. The molecule has 2 aromatic heterocycles. The molecule has 1 fully saturated rings. The summed E-state index contributed by atoms with van der Waals surface area (Å²) in [4.78, 5) is 18.4. The standard InChI is InChI=1S/C23H29N7O/c1-2-24-23(25-14-5-8-21-28-27-20-7-3-4-15-30(20)21)26-17-18-10-12-19(13-11-18)29-16-6-9-22(29)31/h3-4,7,10-13,15H,2,5-6,8-9,14,16-17H2,1H3,(H2,24,25,26). The number of nitrogens with one attached hydrogen (secondary N) is 2. The van der Waals surface area contributed by atoms with Crippen molar-refractivity contribution in [1.29, 1.82) is 0 Å². The molecule has 31 heavy (non-hydrogen) atoms. The molecule has 1 amide bonds. The van der Waals surface area contributed by atoms with Crippen LogP contribution in [0.1, 0.15) is 37.6 Å². The number of hydrogen-bond donors (Lipinski definition) is 2. The summed E-state index contributed by atoms with van der Waals surface area (Å²) in [6.45, 7) is 5.05. The van der Waals surface area contributed by atoms with Gasteiger partial charge in [-0.1, -0.05) is 18.2 Å². The molecule has 0 unspecified atom stereocenters. The van der Waals surface area contributed by atoms with Gasteiger partial charge in [-0.05, 0) is 49.6 Å². The fourth-order valence-electron chi connectivity index (χ4n) is 3.73. The number of guanidine groups is 1. The third-order valence-electron chi connectivity index (χ3n) is 5.34. The van der Waals surface area contributed by atoms with Crippen molar-refractivity contribution >= 4 is 23.2 Å². The van der Waals surface area contributed by atoms with Crippen molar-refractivity contribution in [2.75, 3.05) is 24.5 Å². The van der Waals surface area contributed by atoms with Gasteiger partial charge in [-0.3, -0.25) is 9.20 Å². The number of fused-ring (bicyclic) bond motifs is 1. The summed E-state index contributed by atoms with van der Waals surface area (Å²) in [5.74, 6) is 1.98. The largest absolute Gasteiger partial charge is 0.357 e. The summed E-state index contributed by atoms with van der Waals surface area (Å²) in [6.07, 6.45) is 5.36. The Bertz CT molecular complexity index is 1040. The predicted molar refractivity (Wildman–Crippen MR) is 122 cm³/mol. The molecule has 0 spiro atoms. The first-order chi connectivity index (χ1) is 15.2. The Hall–Kier alpha value is -3.42.